The van der Waals surface area contributed by atoms with Crippen LogP contribution in [0.4, 0.5) is 4.39 Å². The Balaban J connectivity index is 2.68. The molecule has 0 bridgehead atoms. The van der Waals surface area contributed by atoms with E-state index < -0.39 is 0 Å². The molecule has 0 fully saturated rings. The SMILES string of the molecule is CC(N)CC(C)Cc1cccc(F)c1Br. The number of rotatable bonds is 4. The molecule has 2 atom stereocenters. The van der Waals surface area contributed by atoms with E-state index in [0.717, 1.165) is 18.4 Å². The summed E-state index contributed by atoms with van der Waals surface area (Å²) in [5.41, 5.74) is 6.75. The van der Waals surface area contributed by atoms with Crippen LogP contribution in [0.15, 0.2) is 22.7 Å². The highest BCUT2D eigenvalue weighted by molar-refractivity contribution is 9.10. The fourth-order valence-electron chi connectivity index (χ4n) is 1.80. The molecule has 84 valence electrons. The van der Waals surface area contributed by atoms with E-state index in [2.05, 4.69) is 22.9 Å². The Morgan fingerprint density at radius 2 is 2.07 bits per heavy atom. The topological polar surface area (TPSA) is 26.0 Å². The summed E-state index contributed by atoms with van der Waals surface area (Å²) in [5.74, 6) is 0.281. The Hall–Kier alpha value is -0.410. The summed E-state index contributed by atoms with van der Waals surface area (Å²) >= 11 is 3.27. The van der Waals surface area contributed by atoms with Crippen molar-refractivity contribution in [2.24, 2.45) is 11.7 Å². The number of hydrogen-bond donors (Lipinski definition) is 1. The Kier molecular flexibility index (Phi) is 4.74. The largest absolute Gasteiger partial charge is 0.328 e. The van der Waals surface area contributed by atoms with E-state index in [0.29, 0.717) is 10.4 Å². The molecular weight excluding hydrogens is 257 g/mol. The van der Waals surface area contributed by atoms with Gasteiger partial charge in [0.2, 0.25) is 0 Å². The molecule has 0 saturated heterocycles. The summed E-state index contributed by atoms with van der Waals surface area (Å²) in [4.78, 5) is 0. The van der Waals surface area contributed by atoms with Gasteiger partial charge in [-0.05, 0) is 53.2 Å². The first-order valence-electron chi connectivity index (χ1n) is 5.19. The van der Waals surface area contributed by atoms with E-state index >= 15 is 0 Å². The van der Waals surface area contributed by atoms with Gasteiger partial charge in [-0.15, -0.1) is 0 Å². The van der Waals surface area contributed by atoms with Gasteiger partial charge in [0.05, 0.1) is 4.47 Å². The number of halogens is 2. The Morgan fingerprint density at radius 1 is 1.40 bits per heavy atom. The van der Waals surface area contributed by atoms with Crippen LogP contribution < -0.4 is 5.73 Å². The lowest BCUT2D eigenvalue weighted by molar-refractivity contribution is 0.477. The van der Waals surface area contributed by atoms with Crippen LogP contribution in [0.25, 0.3) is 0 Å². The smallest absolute Gasteiger partial charge is 0.137 e. The van der Waals surface area contributed by atoms with E-state index in [1.54, 1.807) is 6.07 Å². The molecule has 0 aliphatic rings. The number of hydrogen-bond acceptors (Lipinski definition) is 1. The lowest BCUT2D eigenvalue weighted by atomic mass is 9.95. The van der Waals surface area contributed by atoms with Crippen LogP contribution >= 0.6 is 15.9 Å². The lowest BCUT2D eigenvalue weighted by Crippen LogP contribution is -2.19. The molecule has 1 rings (SSSR count). The quantitative estimate of drug-likeness (QED) is 0.893. The Labute approximate surface area is 99.0 Å². The molecule has 0 aliphatic heterocycles. The maximum absolute atomic E-state index is 13.2. The molecule has 0 heterocycles. The maximum atomic E-state index is 13.2. The van der Waals surface area contributed by atoms with Gasteiger partial charge in [-0.1, -0.05) is 19.1 Å². The van der Waals surface area contributed by atoms with Crippen LogP contribution in [0, 0.1) is 11.7 Å². The summed E-state index contributed by atoms with van der Waals surface area (Å²) in [5, 5.41) is 0. The standard InChI is InChI=1S/C12H17BrFN/c1-8(6-9(2)15)7-10-4-3-5-11(14)12(10)13/h3-5,8-9H,6-7,15H2,1-2H3. The van der Waals surface area contributed by atoms with Gasteiger partial charge in [-0.3, -0.25) is 0 Å². The highest BCUT2D eigenvalue weighted by Crippen LogP contribution is 2.24. The second-order valence-electron chi connectivity index (χ2n) is 4.24. The molecule has 0 spiro atoms. The van der Waals surface area contributed by atoms with Gasteiger partial charge in [0.1, 0.15) is 5.82 Å². The predicted octanol–water partition coefficient (Wildman–Crippen LogP) is 3.50. The van der Waals surface area contributed by atoms with Crippen molar-refractivity contribution in [2.75, 3.05) is 0 Å². The molecular formula is C12H17BrFN. The van der Waals surface area contributed by atoms with Crippen LogP contribution in [0.1, 0.15) is 25.8 Å². The summed E-state index contributed by atoms with van der Waals surface area (Å²) in [6.07, 6.45) is 1.82. The third-order valence-electron chi connectivity index (χ3n) is 2.37. The highest BCUT2D eigenvalue weighted by Gasteiger charge is 2.10. The van der Waals surface area contributed by atoms with Crippen molar-refractivity contribution < 1.29 is 4.39 Å². The van der Waals surface area contributed by atoms with E-state index in [1.807, 2.05) is 13.0 Å². The van der Waals surface area contributed by atoms with Crippen molar-refractivity contribution in [3.63, 3.8) is 0 Å². The molecule has 0 radical (unpaired) electrons. The molecule has 3 heteroatoms. The van der Waals surface area contributed by atoms with Crippen molar-refractivity contribution in [3.05, 3.63) is 34.1 Å². The molecule has 15 heavy (non-hydrogen) atoms. The van der Waals surface area contributed by atoms with Gasteiger partial charge in [-0.2, -0.15) is 0 Å². The van der Waals surface area contributed by atoms with Gasteiger partial charge >= 0.3 is 0 Å². The van der Waals surface area contributed by atoms with E-state index in [1.165, 1.54) is 6.07 Å². The van der Waals surface area contributed by atoms with Crippen LogP contribution in [0.5, 0.6) is 0 Å². The molecule has 1 aromatic carbocycles. The van der Waals surface area contributed by atoms with Gasteiger partial charge in [0.25, 0.3) is 0 Å². The molecule has 1 nitrogen and oxygen atoms in total. The fourth-order valence-corrected chi connectivity index (χ4v) is 2.23. The van der Waals surface area contributed by atoms with Crippen LogP contribution in [0.3, 0.4) is 0 Å². The fraction of sp³-hybridized carbons (Fsp3) is 0.500. The minimum atomic E-state index is -0.194. The second kappa shape index (κ2) is 5.61. The summed E-state index contributed by atoms with van der Waals surface area (Å²) < 4.78 is 13.8. The Bertz CT molecular complexity index is 325. The van der Waals surface area contributed by atoms with E-state index in [9.17, 15) is 4.39 Å². The van der Waals surface area contributed by atoms with E-state index in [-0.39, 0.29) is 11.9 Å². The molecule has 2 N–H and O–H groups in total. The van der Waals surface area contributed by atoms with Crippen LogP contribution in [-0.2, 0) is 6.42 Å². The summed E-state index contributed by atoms with van der Waals surface area (Å²) in [7, 11) is 0. The third kappa shape index (κ3) is 3.92. The second-order valence-corrected chi connectivity index (χ2v) is 5.03. The van der Waals surface area contributed by atoms with Crippen molar-refractivity contribution in [1.82, 2.24) is 0 Å². The molecule has 0 saturated carbocycles. The minimum absolute atomic E-state index is 0.194. The van der Waals surface area contributed by atoms with Gasteiger partial charge < -0.3 is 5.73 Å². The van der Waals surface area contributed by atoms with Crippen LogP contribution in [-0.4, -0.2) is 6.04 Å². The predicted molar refractivity (Wildman–Crippen MR) is 65.2 cm³/mol. The van der Waals surface area contributed by atoms with Crippen molar-refractivity contribution in [1.29, 1.82) is 0 Å². The maximum Gasteiger partial charge on any atom is 0.137 e. The third-order valence-corrected chi connectivity index (χ3v) is 3.26. The van der Waals surface area contributed by atoms with Crippen LogP contribution in [0.2, 0.25) is 0 Å². The van der Waals surface area contributed by atoms with Gasteiger partial charge in [0.15, 0.2) is 0 Å². The monoisotopic (exact) mass is 273 g/mol. The van der Waals surface area contributed by atoms with Crippen molar-refractivity contribution >= 4 is 15.9 Å². The van der Waals surface area contributed by atoms with Gasteiger partial charge in [-0.25, -0.2) is 4.39 Å². The van der Waals surface area contributed by atoms with Crippen molar-refractivity contribution in [2.45, 2.75) is 32.7 Å². The highest BCUT2D eigenvalue weighted by atomic mass is 79.9. The zero-order valence-electron chi connectivity index (χ0n) is 9.13. The molecule has 2 unspecified atom stereocenters. The Morgan fingerprint density at radius 3 is 2.67 bits per heavy atom. The molecule has 0 amide bonds. The van der Waals surface area contributed by atoms with Gasteiger partial charge in [0, 0.05) is 6.04 Å². The normalized spacial score (nSPS) is 15.0. The number of nitrogens with two attached hydrogens (primary N) is 1. The summed E-state index contributed by atoms with van der Waals surface area (Å²) in [6, 6.07) is 5.36. The first kappa shape index (κ1) is 12.7. The molecule has 1 aromatic rings. The minimum Gasteiger partial charge on any atom is -0.328 e. The average molecular weight is 274 g/mol. The summed E-state index contributed by atoms with van der Waals surface area (Å²) in [6.45, 7) is 4.14. The first-order chi connectivity index (χ1) is 7.00. The van der Waals surface area contributed by atoms with E-state index in [4.69, 9.17) is 5.73 Å². The first-order valence-corrected chi connectivity index (χ1v) is 5.98. The lowest BCUT2D eigenvalue weighted by Gasteiger charge is -2.14. The molecule has 0 aliphatic carbocycles. The molecule has 0 aromatic heterocycles. The zero-order valence-corrected chi connectivity index (χ0v) is 10.7. The average Bonchev–Trinajstić information content (AvgIpc) is 2.11. The zero-order chi connectivity index (χ0) is 11.4. The van der Waals surface area contributed by atoms with Crippen molar-refractivity contribution in [3.8, 4) is 0 Å². The number of benzene rings is 1.